The normalized spacial score (nSPS) is 11.4. The zero-order valence-electron chi connectivity index (χ0n) is 10.5. The number of anilines is 1. The second-order valence-electron chi connectivity index (χ2n) is 3.95. The third-order valence-electron chi connectivity index (χ3n) is 2.60. The van der Waals surface area contributed by atoms with Gasteiger partial charge in [0.2, 0.25) is 0 Å². The molecule has 1 rings (SSSR count). The van der Waals surface area contributed by atoms with Gasteiger partial charge in [-0.1, -0.05) is 0 Å². The number of hydrogen-bond acceptors (Lipinski definition) is 3. The van der Waals surface area contributed by atoms with Crippen molar-refractivity contribution in [2.45, 2.75) is 6.18 Å². The van der Waals surface area contributed by atoms with E-state index in [-0.39, 0.29) is 11.3 Å². The van der Waals surface area contributed by atoms with Gasteiger partial charge in [-0.3, -0.25) is 0 Å². The second-order valence-corrected chi connectivity index (χ2v) is 4.93. The van der Waals surface area contributed by atoms with Gasteiger partial charge < -0.3 is 10.0 Å². The SMILES string of the molecule is CSCCN(C)c1ccc(C(F)(F)F)cc1C(=O)O. The van der Waals surface area contributed by atoms with Gasteiger partial charge in [-0.25, -0.2) is 4.79 Å². The lowest BCUT2D eigenvalue weighted by Crippen LogP contribution is -2.23. The highest BCUT2D eigenvalue weighted by atomic mass is 32.2. The molecule has 0 saturated heterocycles. The smallest absolute Gasteiger partial charge is 0.416 e. The van der Waals surface area contributed by atoms with Crippen LogP contribution < -0.4 is 4.90 Å². The molecule has 0 amide bonds. The average Bonchev–Trinajstić information content (AvgIpc) is 2.34. The van der Waals surface area contributed by atoms with Crippen LogP contribution in [0, 0.1) is 0 Å². The maximum atomic E-state index is 12.6. The van der Waals surface area contributed by atoms with Gasteiger partial charge in [0.25, 0.3) is 0 Å². The molecular weight excluding hydrogens is 279 g/mol. The fourth-order valence-electron chi connectivity index (χ4n) is 1.57. The Hall–Kier alpha value is -1.37. The van der Waals surface area contributed by atoms with Crippen molar-refractivity contribution < 1.29 is 23.1 Å². The molecule has 0 aliphatic carbocycles. The summed E-state index contributed by atoms with van der Waals surface area (Å²) in [6, 6.07) is 2.78. The van der Waals surface area contributed by atoms with Crippen molar-refractivity contribution in [2.75, 3.05) is 30.5 Å². The Balaban J connectivity index is 3.15. The first-order valence-electron chi connectivity index (χ1n) is 5.42. The summed E-state index contributed by atoms with van der Waals surface area (Å²) in [5.41, 5.74) is -1.00. The topological polar surface area (TPSA) is 40.5 Å². The molecule has 0 fully saturated rings. The van der Waals surface area contributed by atoms with Crippen molar-refractivity contribution >= 4 is 23.4 Å². The summed E-state index contributed by atoms with van der Waals surface area (Å²) in [6.45, 7) is 0.562. The van der Waals surface area contributed by atoms with E-state index >= 15 is 0 Å². The summed E-state index contributed by atoms with van der Waals surface area (Å²) in [5, 5.41) is 9.03. The van der Waals surface area contributed by atoms with Crippen LogP contribution in [0.4, 0.5) is 18.9 Å². The van der Waals surface area contributed by atoms with Gasteiger partial charge in [0.05, 0.1) is 16.8 Å². The number of nitrogens with zero attached hydrogens (tertiary/aromatic N) is 1. The summed E-state index contributed by atoms with van der Waals surface area (Å²) in [4.78, 5) is 12.7. The van der Waals surface area contributed by atoms with E-state index in [0.29, 0.717) is 12.6 Å². The molecule has 1 aromatic rings. The Morgan fingerprint density at radius 2 is 2.05 bits per heavy atom. The van der Waals surface area contributed by atoms with Crippen molar-refractivity contribution in [2.24, 2.45) is 0 Å². The second kappa shape index (κ2) is 6.18. The standard InChI is InChI=1S/C12H14F3NO2S/c1-16(5-6-19-2)10-4-3-8(12(13,14)15)7-9(10)11(17)18/h3-4,7H,5-6H2,1-2H3,(H,17,18). The molecule has 1 aromatic carbocycles. The van der Waals surface area contributed by atoms with Crippen LogP contribution in [0.1, 0.15) is 15.9 Å². The Morgan fingerprint density at radius 1 is 1.42 bits per heavy atom. The lowest BCUT2D eigenvalue weighted by atomic mass is 10.1. The zero-order valence-corrected chi connectivity index (χ0v) is 11.3. The maximum absolute atomic E-state index is 12.6. The maximum Gasteiger partial charge on any atom is 0.416 e. The molecule has 0 radical (unpaired) electrons. The number of carboxylic acids is 1. The number of halogens is 3. The van der Waals surface area contributed by atoms with Crippen LogP contribution in [0.15, 0.2) is 18.2 Å². The molecule has 19 heavy (non-hydrogen) atoms. The van der Waals surface area contributed by atoms with E-state index in [1.807, 2.05) is 6.26 Å². The number of aromatic carboxylic acids is 1. The Kier molecular flexibility index (Phi) is 5.11. The van der Waals surface area contributed by atoms with Crippen molar-refractivity contribution in [3.8, 4) is 0 Å². The summed E-state index contributed by atoms with van der Waals surface area (Å²) < 4.78 is 37.7. The molecule has 0 unspecified atom stereocenters. The highest BCUT2D eigenvalue weighted by Gasteiger charge is 2.32. The van der Waals surface area contributed by atoms with E-state index in [0.717, 1.165) is 11.8 Å². The summed E-state index contributed by atoms with van der Waals surface area (Å²) in [7, 11) is 1.66. The van der Waals surface area contributed by atoms with E-state index in [9.17, 15) is 18.0 Å². The van der Waals surface area contributed by atoms with Crippen LogP contribution in [0.3, 0.4) is 0 Å². The lowest BCUT2D eigenvalue weighted by molar-refractivity contribution is -0.137. The Labute approximate surface area is 113 Å². The van der Waals surface area contributed by atoms with Gasteiger partial charge in [-0.15, -0.1) is 0 Å². The number of carbonyl (C=O) groups is 1. The summed E-state index contributed by atoms with van der Waals surface area (Å²) in [5.74, 6) is -0.603. The van der Waals surface area contributed by atoms with Gasteiger partial charge in [0.15, 0.2) is 0 Å². The predicted molar refractivity (Wildman–Crippen MR) is 70.1 cm³/mol. The molecule has 106 valence electrons. The van der Waals surface area contributed by atoms with E-state index in [4.69, 9.17) is 5.11 Å². The minimum absolute atomic E-state index is 0.287. The first kappa shape index (κ1) is 15.7. The molecule has 0 bridgehead atoms. The Morgan fingerprint density at radius 3 is 2.53 bits per heavy atom. The quantitative estimate of drug-likeness (QED) is 0.905. The molecular formula is C12H14F3NO2S. The number of rotatable bonds is 5. The molecule has 7 heteroatoms. The van der Waals surface area contributed by atoms with Gasteiger partial charge >= 0.3 is 12.1 Å². The molecule has 0 spiro atoms. The summed E-state index contributed by atoms with van der Waals surface area (Å²) >= 11 is 1.58. The molecule has 0 saturated carbocycles. The van der Waals surface area contributed by atoms with Crippen molar-refractivity contribution in [3.63, 3.8) is 0 Å². The minimum atomic E-state index is -4.54. The fraction of sp³-hybridized carbons (Fsp3) is 0.417. The Bertz CT molecular complexity index is 463. The number of benzene rings is 1. The highest BCUT2D eigenvalue weighted by Crippen LogP contribution is 2.32. The number of carboxylic acid groups (broad SMARTS) is 1. The van der Waals surface area contributed by atoms with Crippen LogP contribution in [0.2, 0.25) is 0 Å². The molecule has 0 heterocycles. The monoisotopic (exact) mass is 293 g/mol. The first-order valence-corrected chi connectivity index (χ1v) is 6.81. The van der Waals surface area contributed by atoms with Crippen LogP contribution >= 0.6 is 11.8 Å². The third-order valence-corrected chi connectivity index (χ3v) is 3.19. The summed E-state index contributed by atoms with van der Waals surface area (Å²) in [6.07, 6.45) is -2.64. The minimum Gasteiger partial charge on any atom is -0.478 e. The highest BCUT2D eigenvalue weighted by molar-refractivity contribution is 7.98. The third kappa shape index (κ3) is 4.05. The van der Waals surface area contributed by atoms with Gasteiger partial charge in [-0.2, -0.15) is 24.9 Å². The van der Waals surface area contributed by atoms with E-state index in [1.54, 1.807) is 23.7 Å². The van der Waals surface area contributed by atoms with Crippen molar-refractivity contribution in [1.29, 1.82) is 0 Å². The number of hydrogen-bond donors (Lipinski definition) is 1. The van der Waals surface area contributed by atoms with Crippen LogP contribution in [-0.4, -0.2) is 36.7 Å². The van der Waals surface area contributed by atoms with Gasteiger partial charge in [0, 0.05) is 19.3 Å². The van der Waals surface area contributed by atoms with Gasteiger partial charge in [-0.05, 0) is 24.5 Å². The van der Waals surface area contributed by atoms with E-state index in [1.165, 1.54) is 6.07 Å². The molecule has 1 N–H and O–H groups in total. The fourth-order valence-corrected chi connectivity index (χ4v) is 2.02. The van der Waals surface area contributed by atoms with Crippen LogP contribution in [0.25, 0.3) is 0 Å². The lowest BCUT2D eigenvalue weighted by Gasteiger charge is -2.21. The van der Waals surface area contributed by atoms with Crippen LogP contribution in [0.5, 0.6) is 0 Å². The largest absolute Gasteiger partial charge is 0.478 e. The molecule has 0 aromatic heterocycles. The van der Waals surface area contributed by atoms with Crippen molar-refractivity contribution in [1.82, 2.24) is 0 Å². The predicted octanol–water partition coefficient (Wildman–Crippen LogP) is 3.20. The first-order chi connectivity index (χ1) is 8.77. The van der Waals surface area contributed by atoms with E-state index < -0.39 is 17.7 Å². The number of alkyl halides is 3. The zero-order chi connectivity index (χ0) is 14.6. The average molecular weight is 293 g/mol. The molecule has 0 aliphatic heterocycles. The van der Waals surface area contributed by atoms with E-state index in [2.05, 4.69) is 0 Å². The number of thioether (sulfide) groups is 1. The van der Waals surface area contributed by atoms with Crippen LogP contribution in [-0.2, 0) is 6.18 Å². The van der Waals surface area contributed by atoms with Crippen molar-refractivity contribution in [3.05, 3.63) is 29.3 Å². The molecule has 0 aliphatic rings. The molecule has 3 nitrogen and oxygen atoms in total. The van der Waals surface area contributed by atoms with Gasteiger partial charge in [0.1, 0.15) is 0 Å². The molecule has 0 atom stereocenters.